The van der Waals surface area contributed by atoms with Crippen molar-refractivity contribution in [2.75, 3.05) is 0 Å². The number of benzene rings is 2. The molecule has 23 heavy (non-hydrogen) atoms. The van der Waals surface area contributed by atoms with E-state index in [-0.39, 0.29) is 11.8 Å². The number of nitrogens with zero attached hydrogens (tertiary/aromatic N) is 1. The number of amides is 1. The van der Waals surface area contributed by atoms with Crippen molar-refractivity contribution in [1.29, 1.82) is 0 Å². The lowest BCUT2D eigenvalue weighted by atomic mass is 10.1. The molecule has 1 aromatic heterocycles. The van der Waals surface area contributed by atoms with Crippen molar-refractivity contribution in [3.05, 3.63) is 71.4 Å². The molecule has 0 aliphatic rings. The van der Waals surface area contributed by atoms with Crippen LogP contribution in [0.1, 0.15) is 33.2 Å². The summed E-state index contributed by atoms with van der Waals surface area (Å²) in [5, 5.41) is 3.72. The Kier molecular flexibility index (Phi) is 3.98. The summed E-state index contributed by atoms with van der Waals surface area (Å²) in [6, 6.07) is 15.4. The van der Waals surface area contributed by atoms with E-state index in [1.165, 1.54) is 11.5 Å². The lowest BCUT2D eigenvalue weighted by molar-refractivity contribution is 0.0941. The second-order valence-electron chi connectivity index (χ2n) is 5.56. The molecule has 1 heterocycles. The van der Waals surface area contributed by atoms with Crippen LogP contribution in [0.5, 0.6) is 0 Å². The Hall–Kier alpha value is -2.88. The number of hydrogen-bond acceptors (Lipinski definition) is 2. The molecule has 2 aromatic carbocycles. The van der Waals surface area contributed by atoms with Crippen molar-refractivity contribution >= 4 is 22.7 Å². The van der Waals surface area contributed by atoms with Gasteiger partial charge in [0.25, 0.3) is 5.91 Å². The summed E-state index contributed by atoms with van der Waals surface area (Å²) in [5.74, 6) is -0.288. The summed E-state index contributed by atoms with van der Waals surface area (Å²) in [6.45, 7) is 3.97. The topological polar surface area (TPSA) is 51.1 Å². The maximum absolute atomic E-state index is 12.5. The van der Waals surface area contributed by atoms with E-state index in [1.807, 2.05) is 55.5 Å². The van der Waals surface area contributed by atoms with Gasteiger partial charge in [0.1, 0.15) is 0 Å². The summed E-state index contributed by atoms with van der Waals surface area (Å²) in [4.78, 5) is 24.3. The van der Waals surface area contributed by atoms with Gasteiger partial charge < -0.3 is 5.32 Å². The van der Waals surface area contributed by atoms with Gasteiger partial charge in [-0.25, -0.2) is 0 Å². The molecule has 0 bridgehead atoms. The first kappa shape index (κ1) is 15.0. The number of hydrogen-bond donors (Lipinski definition) is 1. The summed E-state index contributed by atoms with van der Waals surface area (Å²) < 4.78 is 1.51. The third kappa shape index (κ3) is 2.88. The normalized spacial score (nSPS) is 10.7. The van der Waals surface area contributed by atoms with E-state index in [4.69, 9.17) is 0 Å². The van der Waals surface area contributed by atoms with Crippen LogP contribution >= 0.6 is 0 Å². The van der Waals surface area contributed by atoms with E-state index in [9.17, 15) is 9.59 Å². The Bertz CT molecular complexity index is 893. The first-order valence-electron chi connectivity index (χ1n) is 7.51. The quantitative estimate of drug-likeness (QED) is 0.804. The van der Waals surface area contributed by atoms with Gasteiger partial charge in [-0.1, -0.05) is 42.5 Å². The molecule has 3 aromatic rings. The first-order chi connectivity index (χ1) is 11.1. The monoisotopic (exact) mass is 306 g/mol. The van der Waals surface area contributed by atoms with E-state index < -0.39 is 0 Å². The smallest absolute Gasteiger partial charge is 0.253 e. The zero-order chi connectivity index (χ0) is 16.4. The van der Waals surface area contributed by atoms with E-state index in [0.29, 0.717) is 12.1 Å². The second-order valence-corrected chi connectivity index (χ2v) is 5.56. The molecule has 116 valence electrons. The molecule has 0 atom stereocenters. The molecule has 3 rings (SSSR count). The van der Waals surface area contributed by atoms with Crippen LogP contribution in [0.4, 0.5) is 0 Å². The molecule has 4 nitrogen and oxygen atoms in total. The van der Waals surface area contributed by atoms with Crippen LogP contribution in [0, 0.1) is 6.92 Å². The van der Waals surface area contributed by atoms with Gasteiger partial charge in [0.15, 0.2) is 0 Å². The fourth-order valence-electron chi connectivity index (χ4n) is 2.70. The molecule has 0 saturated heterocycles. The molecular formula is C19H18N2O2. The van der Waals surface area contributed by atoms with Crippen LogP contribution in [-0.4, -0.2) is 16.4 Å². The molecule has 4 heteroatoms. The molecule has 0 saturated carbocycles. The van der Waals surface area contributed by atoms with Crippen LogP contribution in [0.2, 0.25) is 0 Å². The highest BCUT2D eigenvalue weighted by atomic mass is 16.2. The highest BCUT2D eigenvalue weighted by Gasteiger charge is 2.16. The molecule has 0 radical (unpaired) electrons. The van der Waals surface area contributed by atoms with Crippen LogP contribution in [0.15, 0.2) is 54.7 Å². The van der Waals surface area contributed by atoms with Gasteiger partial charge in [0.05, 0.1) is 11.1 Å². The summed E-state index contributed by atoms with van der Waals surface area (Å²) >= 11 is 0. The Balaban J connectivity index is 1.90. The number of para-hydroxylation sites is 1. The predicted octanol–water partition coefficient (Wildman–Crippen LogP) is 3.54. The van der Waals surface area contributed by atoms with Gasteiger partial charge in [-0.3, -0.25) is 14.2 Å². The minimum atomic E-state index is -0.176. The number of carbonyl (C=O) groups excluding carboxylic acids is 2. The van der Waals surface area contributed by atoms with Crippen molar-refractivity contribution in [3.8, 4) is 0 Å². The van der Waals surface area contributed by atoms with Crippen LogP contribution in [-0.2, 0) is 6.54 Å². The lowest BCUT2D eigenvalue weighted by Gasteiger charge is -2.07. The van der Waals surface area contributed by atoms with Gasteiger partial charge in [-0.2, -0.15) is 0 Å². The summed E-state index contributed by atoms with van der Waals surface area (Å²) in [5.41, 5.74) is 3.49. The Morgan fingerprint density at radius 2 is 1.74 bits per heavy atom. The molecular weight excluding hydrogens is 288 g/mol. The third-order valence-electron chi connectivity index (χ3n) is 4.00. The molecule has 1 N–H and O–H groups in total. The number of aryl methyl sites for hydroxylation is 1. The van der Waals surface area contributed by atoms with Crippen molar-refractivity contribution in [1.82, 2.24) is 9.88 Å². The number of nitrogens with one attached hydrogen (secondary N) is 1. The summed E-state index contributed by atoms with van der Waals surface area (Å²) in [6.07, 6.45) is 1.61. The molecule has 0 unspecified atom stereocenters. The number of fused-ring (bicyclic) bond motifs is 1. The van der Waals surface area contributed by atoms with E-state index >= 15 is 0 Å². The SMILES string of the molecule is CC(=O)n1cc(C(=O)NCc2ccccc2C)c2ccccc21. The zero-order valence-electron chi connectivity index (χ0n) is 13.2. The zero-order valence-corrected chi connectivity index (χ0v) is 13.2. The van der Waals surface area contributed by atoms with Crippen LogP contribution < -0.4 is 5.32 Å². The first-order valence-corrected chi connectivity index (χ1v) is 7.51. The van der Waals surface area contributed by atoms with E-state index in [2.05, 4.69) is 5.32 Å². The average Bonchev–Trinajstić information content (AvgIpc) is 2.94. The molecule has 1 amide bonds. The van der Waals surface area contributed by atoms with Gasteiger partial charge in [0, 0.05) is 25.1 Å². The lowest BCUT2D eigenvalue weighted by Crippen LogP contribution is -2.23. The van der Waals surface area contributed by atoms with Crippen molar-refractivity contribution in [2.24, 2.45) is 0 Å². The van der Waals surface area contributed by atoms with Gasteiger partial charge >= 0.3 is 0 Å². The minimum Gasteiger partial charge on any atom is -0.348 e. The maximum atomic E-state index is 12.5. The second kappa shape index (κ2) is 6.08. The Morgan fingerprint density at radius 1 is 1.04 bits per heavy atom. The third-order valence-corrected chi connectivity index (χ3v) is 4.00. The molecule has 0 aliphatic carbocycles. The van der Waals surface area contributed by atoms with E-state index in [1.54, 1.807) is 6.20 Å². The minimum absolute atomic E-state index is 0.112. The predicted molar refractivity (Wildman–Crippen MR) is 90.6 cm³/mol. The molecule has 0 aliphatic heterocycles. The fraction of sp³-hybridized carbons (Fsp3) is 0.158. The average molecular weight is 306 g/mol. The highest BCUT2D eigenvalue weighted by molar-refractivity contribution is 6.09. The fourth-order valence-corrected chi connectivity index (χ4v) is 2.70. The van der Waals surface area contributed by atoms with Crippen molar-refractivity contribution in [2.45, 2.75) is 20.4 Å². The molecule has 0 spiro atoms. The number of aromatic nitrogens is 1. The molecule has 0 fully saturated rings. The number of rotatable bonds is 3. The van der Waals surface area contributed by atoms with Crippen LogP contribution in [0.3, 0.4) is 0 Å². The maximum Gasteiger partial charge on any atom is 0.253 e. The van der Waals surface area contributed by atoms with E-state index in [0.717, 1.165) is 22.0 Å². The van der Waals surface area contributed by atoms with Crippen molar-refractivity contribution in [3.63, 3.8) is 0 Å². The van der Waals surface area contributed by atoms with Crippen molar-refractivity contribution < 1.29 is 9.59 Å². The number of carbonyl (C=O) groups is 2. The Morgan fingerprint density at radius 3 is 2.48 bits per heavy atom. The van der Waals surface area contributed by atoms with Gasteiger partial charge in [-0.15, -0.1) is 0 Å². The van der Waals surface area contributed by atoms with Crippen LogP contribution in [0.25, 0.3) is 10.9 Å². The standard InChI is InChI=1S/C19H18N2O2/c1-13-7-3-4-8-15(13)11-20-19(23)17-12-21(14(2)22)18-10-6-5-9-16(17)18/h3-10,12H,11H2,1-2H3,(H,20,23). The van der Waals surface area contributed by atoms with Gasteiger partial charge in [0.2, 0.25) is 5.91 Å². The Labute approximate surface area is 134 Å². The summed E-state index contributed by atoms with van der Waals surface area (Å²) in [7, 11) is 0. The van der Waals surface area contributed by atoms with Gasteiger partial charge in [-0.05, 0) is 24.1 Å². The highest BCUT2D eigenvalue weighted by Crippen LogP contribution is 2.21. The largest absolute Gasteiger partial charge is 0.348 e.